The van der Waals surface area contributed by atoms with Crippen LogP contribution in [0.5, 0.6) is 0 Å². The molecule has 21 heteroatoms. The molecule has 0 aromatic heterocycles. The van der Waals surface area contributed by atoms with Crippen molar-refractivity contribution < 1.29 is 93.9 Å². The zero-order chi connectivity index (χ0) is 39.9. The van der Waals surface area contributed by atoms with Crippen molar-refractivity contribution in [1.29, 1.82) is 0 Å². The van der Waals surface area contributed by atoms with E-state index < -0.39 is 153 Å². The van der Waals surface area contributed by atoms with Crippen molar-refractivity contribution in [3.8, 4) is 0 Å². The third kappa shape index (κ3) is 8.55. The molecule has 11 N–H and O–H groups in total. The van der Waals surface area contributed by atoms with Gasteiger partial charge in [-0.2, -0.15) is 0 Å². The maximum atomic E-state index is 14.0. The van der Waals surface area contributed by atoms with Gasteiger partial charge in [0.25, 0.3) is 11.7 Å². The zero-order valence-electron chi connectivity index (χ0n) is 30.2. The number of piperidine rings is 1. The summed E-state index contributed by atoms with van der Waals surface area (Å²) in [6, 6.07) is -1.79. The fourth-order valence-corrected chi connectivity index (χ4v) is 8.15. The summed E-state index contributed by atoms with van der Waals surface area (Å²) >= 11 is 0. The van der Waals surface area contributed by atoms with E-state index in [2.05, 4.69) is 5.32 Å². The standard InChI is InChI=1S/C33H54N2O19/c1-13-22(41)24(43)25(44)29(50-13)49-12-15-4-6-32(3)7-5-18(28(46)35(15)32)51-30-26(45)27(23(42)20(11-37)52-30)54-33(31(47)48)9-17(40)21(34-14(2)38)19(53-33)8-16(39)10-36/h13,15-27,29-30,36-37,39-45H,4-12H2,1-3H3,(H,34,38)(H,47,48)/t13?,15-,16-,17?,18-,19?,20?,21+,22+,23-,24?,25?,26?,27?,29+,30+,32-,33-/m0/s1. The van der Waals surface area contributed by atoms with Crippen LogP contribution in [0.15, 0.2) is 0 Å². The van der Waals surface area contributed by atoms with Gasteiger partial charge in [0, 0.05) is 25.3 Å². The first kappa shape index (κ1) is 42.9. The Morgan fingerprint density at radius 3 is 2.28 bits per heavy atom. The van der Waals surface area contributed by atoms with Crippen molar-refractivity contribution in [3.63, 3.8) is 0 Å². The van der Waals surface area contributed by atoms with Gasteiger partial charge in [0.2, 0.25) is 5.91 Å². The Bertz CT molecular complexity index is 1330. The van der Waals surface area contributed by atoms with E-state index in [4.69, 9.17) is 28.4 Å². The van der Waals surface area contributed by atoms with E-state index in [0.29, 0.717) is 19.3 Å². The molecule has 0 spiro atoms. The number of hydrogen-bond donors (Lipinski definition) is 11. The highest BCUT2D eigenvalue weighted by molar-refractivity contribution is 5.83. The lowest BCUT2D eigenvalue weighted by Crippen LogP contribution is -2.68. The van der Waals surface area contributed by atoms with Crippen LogP contribution >= 0.6 is 0 Å². The molecule has 0 bridgehead atoms. The van der Waals surface area contributed by atoms with Gasteiger partial charge in [0.05, 0.1) is 56.3 Å². The highest BCUT2D eigenvalue weighted by Gasteiger charge is 2.59. The van der Waals surface area contributed by atoms with Crippen LogP contribution in [0.1, 0.15) is 59.3 Å². The van der Waals surface area contributed by atoms with Crippen molar-refractivity contribution in [2.75, 3.05) is 19.8 Å². The second-order valence-electron chi connectivity index (χ2n) is 15.1. The summed E-state index contributed by atoms with van der Waals surface area (Å²) in [5.74, 6) is -5.76. The number of aliphatic hydroxyl groups is 9. The van der Waals surface area contributed by atoms with Crippen molar-refractivity contribution in [3.05, 3.63) is 0 Å². The number of carboxylic acid groups (broad SMARTS) is 1. The number of aliphatic hydroxyl groups excluding tert-OH is 9. The predicted molar refractivity (Wildman–Crippen MR) is 174 cm³/mol. The highest BCUT2D eigenvalue weighted by atomic mass is 16.8. The molecule has 310 valence electrons. The molecule has 0 saturated carbocycles. The number of hydrogen-bond acceptors (Lipinski definition) is 18. The second kappa shape index (κ2) is 17.1. The molecule has 18 atom stereocenters. The Morgan fingerprint density at radius 2 is 1.65 bits per heavy atom. The molecule has 8 unspecified atom stereocenters. The first-order chi connectivity index (χ1) is 25.4. The van der Waals surface area contributed by atoms with Gasteiger partial charge in [-0.25, -0.2) is 4.79 Å². The molecule has 0 radical (unpaired) electrons. The molecular formula is C33H54N2O19. The topological polar surface area (TPSA) is 324 Å². The van der Waals surface area contributed by atoms with E-state index in [1.54, 1.807) is 4.90 Å². The van der Waals surface area contributed by atoms with Gasteiger partial charge in [-0.15, -0.1) is 0 Å². The number of carboxylic acids is 1. The molecule has 54 heavy (non-hydrogen) atoms. The Morgan fingerprint density at radius 1 is 0.963 bits per heavy atom. The summed E-state index contributed by atoms with van der Waals surface area (Å²) in [6.45, 7) is 2.79. The van der Waals surface area contributed by atoms with E-state index in [0.717, 1.165) is 6.92 Å². The molecule has 2 amide bonds. The summed E-state index contributed by atoms with van der Waals surface area (Å²) in [7, 11) is 0. The van der Waals surface area contributed by atoms with Gasteiger partial charge in [-0.3, -0.25) is 9.59 Å². The average molecular weight is 783 g/mol. The molecule has 5 heterocycles. The average Bonchev–Trinajstić information content (AvgIpc) is 3.46. The predicted octanol–water partition coefficient (Wildman–Crippen LogP) is -5.24. The van der Waals surface area contributed by atoms with Crippen molar-refractivity contribution >= 4 is 17.8 Å². The third-order valence-electron chi connectivity index (χ3n) is 11.2. The van der Waals surface area contributed by atoms with Gasteiger partial charge < -0.3 is 89.7 Å². The summed E-state index contributed by atoms with van der Waals surface area (Å²) in [6.07, 6.45) is -21.1. The van der Waals surface area contributed by atoms with Crippen molar-refractivity contribution in [2.24, 2.45) is 0 Å². The highest BCUT2D eigenvalue weighted by Crippen LogP contribution is 2.44. The van der Waals surface area contributed by atoms with E-state index in [9.17, 15) is 65.4 Å². The van der Waals surface area contributed by atoms with Crippen LogP contribution in [0.4, 0.5) is 0 Å². The molecule has 0 aliphatic carbocycles. The third-order valence-corrected chi connectivity index (χ3v) is 11.2. The minimum absolute atomic E-state index is 0.106. The number of rotatable bonds is 13. The lowest BCUT2D eigenvalue weighted by atomic mass is 9.87. The number of amides is 2. The van der Waals surface area contributed by atoms with Crippen LogP contribution in [0.25, 0.3) is 0 Å². The fourth-order valence-electron chi connectivity index (χ4n) is 8.15. The largest absolute Gasteiger partial charge is 0.477 e. The molecule has 0 aromatic carbocycles. The molecular weight excluding hydrogens is 728 g/mol. The number of nitrogens with one attached hydrogen (secondary N) is 1. The second-order valence-corrected chi connectivity index (χ2v) is 15.1. The van der Waals surface area contributed by atoms with Crippen LogP contribution in [-0.4, -0.2) is 203 Å². The number of fused-ring (bicyclic) bond motifs is 1. The molecule has 21 nitrogen and oxygen atoms in total. The van der Waals surface area contributed by atoms with Crippen LogP contribution in [0.3, 0.4) is 0 Å². The molecule has 5 rings (SSSR count). The van der Waals surface area contributed by atoms with Crippen LogP contribution < -0.4 is 5.32 Å². The van der Waals surface area contributed by atoms with Gasteiger partial charge in [-0.1, -0.05) is 0 Å². The summed E-state index contributed by atoms with van der Waals surface area (Å²) < 4.78 is 34.5. The monoisotopic (exact) mass is 782 g/mol. The number of carbonyl (C=O) groups is 3. The van der Waals surface area contributed by atoms with Gasteiger partial charge in [-0.05, 0) is 39.5 Å². The summed E-state index contributed by atoms with van der Waals surface area (Å²) in [5, 5.41) is 107. The number of aliphatic carboxylic acids is 1. The minimum Gasteiger partial charge on any atom is -0.477 e. The molecule has 0 aromatic rings. The van der Waals surface area contributed by atoms with Crippen LogP contribution in [-0.2, 0) is 42.8 Å². The number of nitrogens with zero attached hydrogens (tertiary/aromatic N) is 1. The molecule has 5 fully saturated rings. The van der Waals surface area contributed by atoms with Crippen molar-refractivity contribution in [1.82, 2.24) is 10.2 Å². The van der Waals surface area contributed by atoms with Crippen molar-refractivity contribution in [2.45, 2.75) is 169 Å². The maximum Gasteiger partial charge on any atom is 0.364 e. The molecule has 5 saturated heterocycles. The lowest BCUT2D eigenvalue weighted by Gasteiger charge is -2.50. The zero-order valence-corrected chi connectivity index (χ0v) is 30.2. The van der Waals surface area contributed by atoms with Crippen LogP contribution in [0.2, 0.25) is 0 Å². The Labute approximate surface area is 310 Å². The Balaban J connectivity index is 1.32. The first-order valence-electron chi connectivity index (χ1n) is 18.1. The van der Waals surface area contributed by atoms with Gasteiger partial charge in [0.15, 0.2) is 12.6 Å². The number of carbonyl (C=O) groups excluding carboxylic acids is 2. The van der Waals surface area contributed by atoms with E-state index in [-0.39, 0.29) is 13.0 Å². The first-order valence-corrected chi connectivity index (χ1v) is 18.1. The van der Waals surface area contributed by atoms with E-state index in [1.807, 2.05) is 6.92 Å². The number of ether oxygens (including phenoxy) is 6. The fraction of sp³-hybridized carbons (Fsp3) is 0.909. The smallest absolute Gasteiger partial charge is 0.364 e. The summed E-state index contributed by atoms with van der Waals surface area (Å²) in [5.41, 5.74) is -0.621. The minimum atomic E-state index is -2.81. The van der Waals surface area contributed by atoms with E-state index >= 15 is 0 Å². The van der Waals surface area contributed by atoms with Crippen LogP contribution in [0, 0.1) is 0 Å². The molecule has 5 aliphatic rings. The Hall–Kier alpha value is -2.19. The van der Waals surface area contributed by atoms with Gasteiger partial charge >= 0.3 is 5.97 Å². The van der Waals surface area contributed by atoms with Gasteiger partial charge in [0.1, 0.15) is 48.8 Å². The summed E-state index contributed by atoms with van der Waals surface area (Å²) in [4.78, 5) is 40.3. The maximum absolute atomic E-state index is 14.0. The molecule has 5 aliphatic heterocycles. The SMILES string of the molecule is CC(=O)N[C@@H]1C(O)C[C@](OC2C(O)[C@H](O[C@H]3CC[C@]4(C)CC[C@@H](CO[C@@H]5OC(C)[C@@H](O)C(O)C5O)N4C3=O)OC(CO)[C@@H]2O)(C(=O)O)OC1C[C@H](O)CO. The normalized spacial score (nSPS) is 46.2. The Kier molecular flexibility index (Phi) is 13.6. The quantitative estimate of drug-likeness (QED) is 0.0831. The van der Waals surface area contributed by atoms with E-state index in [1.165, 1.54) is 6.92 Å². The lowest BCUT2D eigenvalue weighted by molar-refractivity contribution is -0.368.